The third kappa shape index (κ3) is 2.71. The average molecular weight is 293 g/mol. The second-order valence-corrected chi connectivity index (χ2v) is 5.00. The maximum absolute atomic E-state index is 11.2. The molecule has 0 bridgehead atoms. The van der Waals surface area contributed by atoms with Crippen LogP contribution in [0.2, 0.25) is 0 Å². The minimum Gasteiger partial charge on any atom is -0.347 e. The van der Waals surface area contributed by atoms with Gasteiger partial charge in [0.15, 0.2) is 0 Å². The number of nitrogens with one attached hydrogen (secondary N) is 1. The maximum atomic E-state index is 11.2. The maximum Gasteiger partial charge on any atom is 0.264 e. The lowest BCUT2D eigenvalue weighted by atomic mass is 10.0. The molecular formula is C16H15N5O. The third-order valence-electron chi connectivity index (χ3n) is 3.18. The summed E-state index contributed by atoms with van der Waals surface area (Å²) in [6.45, 7) is 0. The minimum absolute atomic E-state index is 0.240. The summed E-state index contributed by atoms with van der Waals surface area (Å²) in [4.78, 5) is 22.0. The van der Waals surface area contributed by atoms with Crippen LogP contribution in [0.25, 0.3) is 22.5 Å². The fourth-order valence-electron chi connectivity index (χ4n) is 2.09. The van der Waals surface area contributed by atoms with E-state index in [-0.39, 0.29) is 5.56 Å². The van der Waals surface area contributed by atoms with Crippen LogP contribution >= 0.6 is 0 Å². The number of aromatic amines is 1. The monoisotopic (exact) mass is 293 g/mol. The Kier molecular flexibility index (Phi) is 3.65. The molecule has 6 heteroatoms. The zero-order valence-corrected chi connectivity index (χ0v) is 12.3. The average Bonchev–Trinajstić information content (AvgIpc) is 2.56. The SMILES string of the molecule is CN(C)c1ncc(-c2ccc(=O)[nH]n2)c(-c2ccccc2)n1. The number of H-pyrrole nitrogens is 1. The molecule has 0 spiro atoms. The van der Waals surface area contributed by atoms with Crippen LogP contribution in [-0.4, -0.2) is 34.3 Å². The Morgan fingerprint density at radius 2 is 1.82 bits per heavy atom. The zero-order chi connectivity index (χ0) is 15.5. The van der Waals surface area contributed by atoms with Gasteiger partial charge in [-0.25, -0.2) is 15.1 Å². The van der Waals surface area contributed by atoms with Crippen LogP contribution in [0.1, 0.15) is 0 Å². The van der Waals surface area contributed by atoms with Crippen molar-refractivity contribution in [3.8, 4) is 22.5 Å². The Labute approximate surface area is 127 Å². The Balaban J connectivity index is 2.21. The van der Waals surface area contributed by atoms with Gasteiger partial charge < -0.3 is 4.90 Å². The van der Waals surface area contributed by atoms with Gasteiger partial charge in [0, 0.05) is 37.5 Å². The van der Waals surface area contributed by atoms with Gasteiger partial charge in [-0.3, -0.25) is 4.79 Å². The van der Waals surface area contributed by atoms with E-state index in [1.54, 1.807) is 12.3 Å². The first-order valence-corrected chi connectivity index (χ1v) is 6.81. The molecule has 110 valence electrons. The summed E-state index contributed by atoms with van der Waals surface area (Å²) in [5.41, 5.74) is 2.91. The second kappa shape index (κ2) is 5.77. The van der Waals surface area contributed by atoms with Gasteiger partial charge >= 0.3 is 0 Å². The smallest absolute Gasteiger partial charge is 0.264 e. The predicted octanol–water partition coefficient (Wildman–Crippen LogP) is 1.96. The van der Waals surface area contributed by atoms with Gasteiger partial charge in [0.05, 0.1) is 11.4 Å². The van der Waals surface area contributed by atoms with E-state index in [0.29, 0.717) is 11.6 Å². The summed E-state index contributed by atoms with van der Waals surface area (Å²) in [5.74, 6) is 0.618. The van der Waals surface area contributed by atoms with Crippen molar-refractivity contribution >= 4 is 5.95 Å². The molecule has 0 amide bonds. The molecule has 0 aliphatic carbocycles. The molecular weight excluding hydrogens is 278 g/mol. The van der Waals surface area contributed by atoms with Crippen molar-refractivity contribution in [1.82, 2.24) is 20.2 Å². The van der Waals surface area contributed by atoms with Crippen LogP contribution in [0.5, 0.6) is 0 Å². The Hall–Kier alpha value is -3.02. The number of hydrogen-bond donors (Lipinski definition) is 1. The minimum atomic E-state index is -0.240. The van der Waals surface area contributed by atoms with Crippen molar-refractivity contribution < 1.29 is 0 Å². The Morgan fingerprint density at radius 1 is 1.05 bits per heavy atom. The molecule has 0 fully saturated rings. The van der Waals surface area contributed by atoms with Crippen molar-refractivity contribution in [1.29, 1.82) is 0 Å². The first kappa shape index (κ1) is 13.9. The van der Waals surface area contributed by atoms with E-state index in [2.05, 4.69) is 20.2 Å². The summed E-state index contributed by atoms with van der Waals surface area (Å²) in [5, 5.41) is 6.52. The molecule has 0 aliphatic rings. The molecule has 0 aliphatic heterocycles. The molecule has 3 aromatic rings. The lowest BCUT2D eigenvalue weighted by Crippen LogP contribution is -2.13. The van der Waals surface area contributed by atoms with Crippen molar-refractivity contribution in [2.75, 3.05) is 19.0 Å². The molecule has 0 atom stereocenters. The highest BCUT2D eigenvalue weighted by Crippen LogP contribution is 2.29. The molecule has 22 heavy (non-hydrogen) atoms. The fourth-order valence-corrected chi connectivity index (χ4v) is 2.09. The van der Waals surface area contributed by atoms with Crippen LogP contribution in [-0.2, 0) is 0 Å². The van der Waals surface area contributed by atoms with E-state index in [9.17, 15) is 4.79 Å². The standard InChI is InChI=1S/C16H15N5O/c1-21(2)16-17-10-12(13-8-9-14(22)20-19-13)15(18-16)11-6-4-3-5-7-11/h3-10H,1-2H3,(H,20,22). The highest BCUT2D eigenvalue weighted by atomic mass is 16.1. The molecule has 2 heterocycles. The highest BCUT2D eigenvalue weighted by Gasteiger charge is 2.13. The molecule has 1 aromatic carbocycles. The van der Waals surface area contributed by atoms with Crippen LogP contribution in [0.4, 0.5) is 5.95 Å². The highest BCUT2D eigenvalue weighted by molar-refractivity contribution is 5.78. The normalized spacial score (nSPS) is 10.5. The zero-order valence-electron chi connectivity index (χ0n) is 12.3. The molecule has 3 rings (SSSR count). The molecule has 2 aromatic heterocycles. The molecule has 0 saturated heterocycles. The first-order chi connectivity index (χ1) is 10.6. The van der Waals surface area contributed by atoms with Gasteiger partial charge in [-0.2, -0.15) is 5.10 Å². The van der Waals surface area contributed by atoms with E-state index in [0.717, 1.165) is 16.8 Å². The molecule has 0 radical (unpaired) electrons. The van der Waals surface area contributed by atoms with Gasteiger partial charge in [-0.05, 0) is 6.07 Å². The third-order valence-corrected chi connectivity index (χ3v) is 3.18. The van der Waals surface area contributed by atoms with Crippen molar-refractivity contribution in [2.24, 2.45) is 0 Å². The van der Waals surface area contributed by atoms with Crippen LogP contribution in [0, 0.1) is 0 Å². The van der Waals surface area contributed by atoms with Crippen molar-refractivity contribution in [2.45, 2.75) is 0 Å². The molecule has 6 nitrogen and oxygen atoms in total. The lowest BCUT2D eigenvalue weighted by molar-refractivity contribution is 0.979. The number of nitrogens with zero attached hydrogens (tertiary/aromatic N) is 4. The van der Waals surface area contributed by atoms with E-state index in [4.69, 9.17) is 0 Å². The molecule has 0 saturated carbocycles. The van der Waals surface area contributed by atoms with Gasteiger partial charge in [0.1, 0.15) is 0 Å². The topological polar surface area (TPSA) is 74.8 Å². The molecule has 0 unspecified atom stereocenters. The first-order valence-electron chi connectivity index (χ1n) is 6.81. The number of anilines is 1. The van der Waals surface area contributed by atoms with Gasteiger partial charge in [-0.15, -0.1) is 0 Å². The van der Waals surface area contributed by atoms with Gasteiger partial charge in [0.2, 0.25) is 5.95 Å². The van der Waals surface area contributed by atoms with E-state index in [1.165, 1.54) is 6.07 Å². The number of benzene rings is 1. The van der Waals surface area contributed by atoms with E-state index >= 15 is 0 Å². The Bertz CT molecular complexity index is 822. The van der Waals surface area contributed by atoms with Gasteiger partial charge in [0.25, 0.3) is 5.56 Å². The largest absolute Gasteiger partial charge is 0.347 e. The predicted molar refractivity (Wildman–Crippen MR) is 85.6 cm³/mol. The van der Waals surface area contributed by atoms with Crippen molar-refractivity contribution in [3.05, 3.63) is 59.0 Å². The summed E-state index contributed by atoms with van der Waals surface area (Å²) in [6.07, 6.45) is 1.73. The number of rotatable bonds is 3. The summed E-state index contributed by atoms with van der Waals surface area (Å²) < 4.78 is 0. The van der Waals surface area contributed by atoms with Gasteiger partial charge in [-0.1, -0.05) is 30.3 Å². The summed E-state index contributed by atoms with van der Waals surface area (Å²) >= 11 is 0. The summed E-state index contributed by atoms with van der Waals surface area (Å²) in [6, 6.07) is 12.9. The number of hydrogen-bond acceptors (Lipinski definition) is 5. The number of aromatic nitrogens is 4. The second-order valence-electron chi connectivity index (χ2n) is 5.00. The summed E-state index contributed by atoms with van der Waals surface area (Å²) in [7, 11) is 3.78. The molecule has 1 N–H and O–H groups in total. The van der Waals surface area contributed by atoms with Crippen LogP contribution in [0.15, 0.2) is 53.5 Å². The van der Waals surface area contributed by atoms with E-state index < -0.39 is 0 Å². The van der Waals surface area contributed by atoms with E-state index in [1.807, 2.05) is 49.3 Å². The van der Waals surface area contributed by atoms with Crippen LogP contribution in [0.3, 0.4) is 0 Å². The quantitative estimate of drug-likeness (QED) is 0.799. The van der Waals surface area contributed by atoms with Crippen molar-refractivity contribution in [3.63, 3.8) is 0 Å². The lowest BCUT2D eigenvalue weighted by Gasteiger charge is -2.14. The Morgan fingerprint density at radius 3 is 2.45 bits per heavy atom. The van der Waals surface area contributed by atoms with Crippen LogP contribution < -0.4 is 10.5 Å². The fraction of sp³-hybridized carbons (Fsp3) is 0.125.